The van der Waals surface area contributed by atoms with Gasteiger partial charge in [-0.2, -0.15) is 13.2 Å². The minimum Gasteiger partial charge on any atom is -0.493 e. The van der Waals surface area contributed by atoms with Crippen LogP contribution in [0.25, 0.3) is 0 Å². The zero-order valence-electron chi connectivity index (χ0n) is 16.6. The number of benzene rings is 1. The van der Waals surface area contributed by atoms with E-state index in [0.717, 1.165) is 18.4 Å². The predicted molar refractivity (Wildman–Crippen MR) is 102 cm³/mol. The van der Waals surface area contributed by atoms with Gasteiger partial charge in [0.25, 0.3) is 0 Å². The molecule has 29 heavy (non-hydrogen) atoms. The normalized spacial score (nSPS) is 15.0. The van der Waals surface area contributed by atoms with Crippen LogP contribution in [-0.2, 0) is 16.0 Å². The first-order valence-corrected chi connectivity index (χ1v) is 10.1. The van der Waals surface area contributed by atoms with E-state index in [4.69, 9.17) is 9.47 Å². The third-order valence-electron chi connectivity index (χ3n) is 4.87. The lowest BCUT2D eigenvalue weighted by Gasteiger charge is -2.22. The summed E-state index contributed by atoms with van der Waals surface area (Å²) >= 11 is 0. The van der Waals surface area contributed by atoms with E-state index in [0.29, 0.717) is 36.7 Å². The molecule has 0 atom stereocenters. The Morgan fingerprint density at radius 3 is 2.52 bits per heavy atom. The van der Waals surface area contributed by atoms with Gasteiger partial charge in [-0.15, -0.1) is 0 Å². The second-order valence-electron chi connectivity index (χ2n) is 7.26. The number of nitrogens with one attached hydrogen (secondary N) is 1. The minimum atomic E-state index is -4.88. The molecular weight excluding hydrogens is 387 g/mol. The van der Waals surface area contributed by atoms with Crippen molar-refractivity contribution >= 4 is 11.9 Å². The Labute approximate surface area is 168 Å². The van der Waals surface area contributed by atoms with Crippen molar-refractivity contribution < 1.29 is 32.2 Å². The molecule has 1 N–H and O–H groups in total. The van der Waals surface area contributed by atoms with Crippen molar-refractivity contribution in [2.45, 2.75) is 58.0 Å². The molecule has 2 rings (SSSR count). The van der Waals surface area contributed by atoms with Crippen LogP contribution < -0.4 is 10.1 Å². The SMILES string of the molecule is CCOC(=O)c1cc(CCCNC(=O)C(F)(F)F)cc(OCC2CCCCC2)c1. The molecule has 0 spiro atoms. The van der Waals surface area contributed by atoms with Crippen molar-refractivity contribution in [1.82, 2.24) is 5.32 Å². The maximum atomic E-state index is 12.2. The number of esters is 1. The van der Waals surface area contributed by atoms with Gasteiger partial charge < -0.3 is 14.8 Å². The van der Waals surface area contributed by atoms with Crippen LogP contribution in [0.2, 0.25) is 0 Å². The molecule has 1 aliphatic rings. The monoisotopic (exact) mass is 415 g/mol. The number of carbonyl (C=O) groups is 2. The molecule has 1 aliphatic carbocycles. The minimum absolute atomic E-state index is 0.111. The highest BCUT2D eigenvalue weighted by Crippen LogP contribution is 2.26. The van der Waals surface area contributed by atoms with Gasteiger partial charge in [-0.3, -0.25) is 4.79 Å². The first kappa shape index (κ1) is 23.0. The Balaban J connectivity index is 1.98. The number of halogens is 3. The Hall–Kier alpha value is -2.25. The molecule has 1 saturated carbocycles. The standard InChI is InChI=1S/C21H28F3NO4/c1-2-28-19(26)17-11-16(9-6-10-25-20(27)21(22,23)24)12-18(13-17)29-14-15-7-4-3-5-8-15/h11-13,15H,2-10,14H2,1H3,(H,25,27). The molecule has 1 aromatic rings. The van der Waals surface area contributed by atoms with Gasteiger partial charge in [0.05, 0.1) is 18.8 Å². The quantitative estimate of drug-likeness (QED) is 0.479. The summed E-state index contributed by atoms with van der Waals surface area (Å²) in [6, 6.07) is 5.07. The molecule has 5 nitrogen and oxygen atoms in total. The molecule has 0 bridgehead atoms. The molecule has 0 aliphatic heterocycles. The highest BCUT2D eigenvalue weighted by Gasteiger charge is 2.38. The summed E-state index contributed by atoms with van der Waals surface area (Å²) in [6.07, 6.45) is 1.72. The van der Waals surface area contributed by atoms with Gasteiger partial charge in [0.15, 0.2) is 0 Å². The summed E-state index contributed by atoms with van der Waals surface area (Å²) in [7, 11) is 0. The molecule has 0 aromatic heterocycles. The molecule has 1 aromatic carbocycles. The molecule has 0 heterocycles. The maximum Gasteiger partial charge on any atom is 0.471 e. The van der Waals surface area contributed by atoms with E-state index in [1.807, 2.05) is 5.32 Å². The highest BCUT2D eigenvalue weighted by atomic mass is 19.4. The van der Waals surface area contributed by atoms with E-state index in [-0.39, 0.29) is 13.2 Å². The lowest BCUT2D eigenvalue weighted by molar-refractivity contribution is -0.173. The lowest BCUT2D eigenvalue weighted by Crippen LogP contribution is -2.37. The van der Waals surface area contributed by atoms with Crippen molar-refractivity contribution in [2.75, 3.05) is 19.8 Å². The van der Waals surface area contributed by atoms with E-state index < -0.39 is 18.1 Å². The fourth-order valence-electron chi connectivity index (χ4n) is 3.38. The number of rotatable bonds is 9. The van der Waals surface area contributed by atoms with Crippen molar-refractivity contribution in [3.63, 3.8) is 0 Å². The van der Waals surface area contributed by atoms with E-state index in [1.54, 1.807) is 25.1 Å². The zero-order valence-corrected chi connectivity index (χ0v) is 16.6. The smallest absolute Gasteiger partial charge is 0.471 e. The number of aryl methyl sites for hydroxylation is 1. The number of hydrogen-bond acceptors (Lipinski definition) is 4. The average molecular weight is 415 g/mol. The Morgan fingerprint density at radius 1 is 1.14 bits per heavy atom. The van der Waals surface area contributed by atoms with E-state index in [9.17, 15) is 22.8 Å². The van der Waals surface area contributed by atoms with E-state index in [2.05, 4.69) is 0 Å². The van der Waals surface area contributed by atoms with Gasteiger partial charge in [0.1, 0.15) is 5.75 Å². The van der Waals surface area contributed by atoms with Crippen LogP contribution in [0.4, 0.5) is 13.2 Å². The van der Waals surface area contributed by atoms with Crippen molar-refractivity contribution in [1.29, 1.82) is 0 Å². The largest absolute Gasteiger partial charge is 0.493 e. The van der Waals surface area contributed by atoms with Crippen LogP contribution in [-0.4, -0.2) is 37.8 Å². The number of amides is 1. The summed E-state index contributed by atoms with van der Waals surface area (Å²) in [5.41, 5.74) is 1.10. The van der Waals surface area contributed by atoms with E-state index >= 15 is 0 Å². The summed E-state index contributed by atoms with van der Waals surface area (Å²) < 4.78 is 47.6. The van der Waals surface area contributed by atoms with Gasteiger partial charge in [-0.05, 0) is 62.3 Å². The lowest BCUT2D eigenvalue weighted by atomic mass is 9.90. The predicted octanol–water partition coefficient (Wildman–Crippen LogP) is 4.43. The number of ether oxygens (including phenoxy) is 2. The zero-order chi connectivity index (χ0) is 21.3. The highest BCUT2D eigenvalue weighted by molar-refractivity contribution is 5.90. The van der Waals surface area contributed by atoms with Gasteiger partial charge in [0, 0.05) is 6.54 Å². The summed E-state index contributed by atoms with van der Waals surface area (Å²) in [5.74, 6) is -1.37. The van der Waals surface area contributed by atoms with Crippen LogP contribution in [0.1, 0.15) is 61.4 Å². The van der Waals surface area contributed by atoms with Crippen molar-refractivity contribution in [3.05, 3.63) is 29.3 Å². The van der Waals surface area contributed by atoms with Gasteiger partial charge >= 0.3 is 18.1 Å². The van der Waals surface area contributed by atoms with E-state index in [1.165, 1.54) is 19.3 Å². The third kappa shape index (κ3) is 7.95. The van der Waals surface area contributed by atoms with Crippen LogP contribution in [0, 0.1) is 5.92 Å². The number of carbonyl (C=O) groups excluding carboxylic acids is 2. The molecular formula is C21H28F3NO4. The molecule has 8 heteroatoms. The fraction of sp³-hybridized carbons (Fsp3) is 0.619. The second kappa shape index (κ2) is 11.1. The number of alkyl halides is 3. The van der Waals surface area contributed by atoms with Crippen LogP contribution in [0.15, 0.2) is 18.2 Å². The Morgan fingerprint density at radius 2 is 1.86 bits per heavy atom. The topological polar surface area (TPSA) is 64.6 Å². The van der Waals surface area contributed by atoms with Gasteiger partial charge in [-0.1, -0.05) is 19.3 Å². The first-order valence-electron chi connectivity index (χ1n) is 10.1. The Bertz CT molecular complexity index is 685. The van der Waals surface area contributed by atoms with Crippen LogP contribution in [0.5, 0.6) is 5.75 Å². The molecule has 0 unspecified atom stereocenters. The molecule has 162 valence electrons. The molecule has 0 radical (unpaired) electrons. The van der Waals surface area contributed by atoms with Crippen LogP contribution >= 0.6 is 0 Å². The molecule has 1 fully saturated rings. The fourth-order valence-corrected chi connectivity index (χ4v) is 3.38. The average Bonchev–Trinajstić information content (AvgIpc) is 2.69. The number of hydrogen-bond donors (Lipinski definition) is 1. The molecule has 1 amide bonds. The maximum absolute atomic E-state index is 12.2. The van der Waals surface area contributed by atoms with Gasteiger partial charge in [-0.25, -0.2) is 4.79 Å². The van der Waals surface area contributed by atoms with Gasteiger partial charge in [0.2, 0.25) is 0 Å². The van der Waals surface area contributed by atoms with Crippen LogP contribution in [0.3, 0.4) is 0 Å². The Kier molecular flexibility index (Phi) is 8.79. The summed E-state index contributed by atoms with van der Waals surface area (Å²) in [4.78, 5) is 23.0. The van der Waals surface area contributed by atoms with Crippen molar-refractivity contribution in [3.8, 4) is 5.75 Å². The molecule has 0 saturated heterocycles. The summed E-state index contributed by atoms with van der Waals surface area (Å²) in [5, 5.41) is 1.85. The van der Waals surface area contributed by atoms with Crippen molar-refractivity contribution in [2.24, 2.45) is 5.92 Å². The first-order chi connectivity index (χ1) is 13.8. The summed E-state index contributed by atoms with van der Waals surface area (Å²) in [6.45, 7) is 2.42. The second-order valence-corrected chi connectivity index (χ2v) is 7.26. The third-order valence-corrected chi connectivity index (χ3v) is 4.87.